The van der Waals surface area contributed by atoms with Crippen molar-refractivity contribution in [1.82, 2.24) is 0 Å². The molecule has 0 unspecified atom stereocenters. The number of benzene rings is 1. The van der Waals surface area contributed by atoms with Gasteiger partial charge in [0.05, 0.1) is 11.4 Å². The maximum atomic E-state index is 10.8. The first-order chi connectivity index (χ1) is 6.02. The number of nitrogens with one attached hydrogen (secondary N) is 1. The van der Waals surface area contributed by atoms with Gasteiger partial charge >= 0.3 is 0 Å². The number of hydrogen-bond acceptors (Lipinski definition) is 2. The van der Waals surface area contributed by atoms with E-state index in [0.717, 1.165) is 5.56 Å². The van der Waals surface area contributed by atoms with Crippen LogP contribution in [-0.4, -0.2) is 5.91 Å². The van der Waals surface area contributed by atoms with Crippen LogP contribution in [0.3, 0.4) is 0 Å². The van der Waals surface area contributed by atoms with E-state index in [1.165, 1.54) is 6.92 Å². The van der Waals surface area contributed by atoms with Crippen LogP contribution in [0.1, 0.15) is 12.5 Å². The van der Waals surface area contributed by atoms with E-state index in [-0.39, 0.29) is 5.91 Å². The lowest BCUT2D eigenvalue weighted by Crippen LogP contribution is -2.08. The zero-order valence-electron chi connectivity index (χ0n) is 7.52. The Morgan fingerprint density at radius 2 is 2.15 bits per heavy atom. The maximum Gasteiger partial charge on any atom is 0.221 e. The highest BCUT2D eigenvalue weighted by molar-refractivity contribution is 6.32. The molecule has 1 amide bonds. The van der Waals surface area contributed by atoms with Gasteiger partial charge in [-0.15, -0.1) is 0 Å². The predicted octanol–water partition coefficient (Wildman–Crippen LogP) is 2.19. The molecule has 4 heteroatoms. The number of anilines is 2. The summed E-state index contributed by atoms with van der Waals surface area (Å²) in [7, 11) is 0. The van der Waals surface area contributed by atoms with E-state index in [1.807, 2.05) is 6.92 Å². The highest BCUT2D eigenvalue weighted by atomic mass is 35.5. The van der Waals surface area contributed by atoms with Crippen LogP contribution >= 0.6 is 11.6 Å². The van der Waals surface area contributed by atoms with Gasteiger partial charge in [0, 0.05) is 11.9 Å². The average Bonchev–Trinajstić information content (AvgIpc) is 2.06. The molecule has 0 aliphatic heterocycles. The molecule has 0 bridgehead atoms. The third kappa shape index (κ3) is 2.12. The third-order valence-corrected chi connectivity index (χ3v) is 2.17. The molecule has 0 fully saturated rings. The summed E-state index contributed by atoms with van der Waals surface area (Å²) in [4.78, 5) is 10.8. The smallest absolute Gasteiger partial charge is 0.221 e. The minimum absolute atomic E-state index is 0.145. The van der Waals surface area contributed by atoms with Gasteiger partial charge in [-0.2, -0.15) is 0 Å². The summed E-state index contributed by atoms with van der Waals surface area (Å²) in [6.45, 7) is 3.24. The molecule has 1 aromatic carbocycles. The SMILES string of the molecule is CC(=O)Nc1ccc(Cl)c(C)c1N. The lowest BCUT2D eigenvalue weighted by Gasteiger charge is -2.09. The van der Waals surface area contributed by atoms with Crippen molar-refractivity contribution in [1.29, 1.82) is 0 Å². The lowest BCUT2D eigenvalue weighted by molar-refractivity contribution is -0.114. The summed E-state index contributed by atoms with van der Waals surface area (Å²) in [5.74, 6) is -0.145. The molecule has 0 aliphatic carbocycles. The first-order valence-electron chi connectivity index (χ1n) is 3.84. The Labute approximate surface area is 81.9 Å². The summed E-state index contributed by atoms with van der Waals surface area (Å²) in [6.07, 6.45) is 0. The number of amides is 1. The topological polar surface area (TPSA) is 55.1 Å². The molecule has 0 heterocycles. The standard InChI is InChI=1S/C9H11ClN2O/c1-5-7(10)3-4-8(9(5)11)12-6(2)13/h3-4H,11H2,1-2H3,(H,12,13). The molecule has 0 saturated heterocycles. The van der Waals surface area contributed by atoms with E-state index in [2.05, 4.69) is 5.32 Å². The van der Waals surface area contributed by atoms with Crippen molar-refractivity contribution >= 4 is 28.9 Å². The fourth-order valence-electron chi connectivity index (χ4n) is 1.00. The van der Waals surface area contributed by atoms with Crippen molar-refractivity contribution in [3.8, 4) is 0 Å². The van der Waals surface area contributed by atoms with Crippen LogP contribution in [0.5, 0.6) is 0 Å². The quantitative estimate of drug-likeness (QED) is 0.680. The van der Waals surface area contributed by atoms with E-state index < -0.39 is 0 Å². The maximum absolute atomic E-state index is 10.8. The van der Waals surface area contributed by atoms with Crippen LogP contribution < -0.4 is 11.1 Å². The average molecular weight is 199 g/mol. The summed E-state index contributed by atoms with van der Waals surface area (Å²) in [5.41, 5.74) is 7.64. The molecule has 0 saturated carbocycles. The molecule has 0 aromatic heterocycles. The van der Waals surface area contributed by atoms with Gasteiger partial charge in [0.2, 0.25) is 5.91 Å². The Balaban J connectivity index is 3.10. The second-order valence-corrected chi connectivity index (χ2v) is 3.22. The number of hydrogen-bond donors (Lipinski definition) is 2. The summed E-state index contributed by atoms with van der Waals surface area (Å²) in [6, 6.07) is 3.39. The van der Waals surface area contributed by atoms with Crippen molar-refractivity contribution in [2.75, 3.05) is 11.1 Å². The molecule has 1 aromatic rings. The van der Waals surface area contributed by atoms with Crippen molar-refractivity contribution in [2.45, 2.75) is 13.8 Å². The molecule has 70 valence electrons. The first kappa shape index (κ1) is 9.86. The largest absolute Gasteiger partial charge is 0.397 e. The molecule has 3 nitrogen and oxygen atoms in total. The number of nitrogens with two attached hydrogens (primary N) is 1. The van der Waals surface area contributed by atoms with Gasteiger partial charge in [0.25, 0.3) is 0 Å². The van der Waals surface area contributed by atoms with E-state index in [4.69, 9.17) is 17.3 Å². The van der Waals surface area contributed by atoms with Gasteiger partial charge in [-0.3, -0.25) is 4.79 Å². The van der Waals surface area contributed by atoms with Crippen molar-refractivity contribution < 1.29 is 4.79 Å². The van der Waals surface area contributed by atoms with Crippen LogP contribution in [0.15, 0.2) is 12.1 Å². The second kappa shape index (κ2) is 3.66. The van der Waals surface area contributed by atoms with Gasteiger partial charge in [-0.25, -0.2) is 0 Å². The van der Waals surface area contributed by atoms with E-state index in [9.17, 15) is 4.79 Å². The van der Waals surface area contributed by atoms with Crippen LogP contribution in [0.25, 0.3) is 0 Å². The van der Waals surface area contributed by atoms with Crippen molar-refractivity contribution in [3.63, 3.8) is 0 Å². The van der Waals surface area contributed by atoms with Gasteiger partial charge in [0.15, 0.2) is 0 Å². The van der Waals surface area contributed by atoms with Crippen LogP contribution in [0.4, 0.5) is 11.4 Å². The highest BCUT2D eigenvalue weighted by Gasteiger charge is 2.05. The van der Waals surface area contributed by atoms with Crippen molar-refractivity contribution in [2.24, 2.45) is 0 Å². The summed E-state index contributed by atoms with van der Waals surface area (Å²) >= 11 is 5.83. The zero-order valence-corrected chi connectivity index (χ0v) is 8.27. The Hall–Kier alpha value is -1.22. The molecule has 0 spiro atoms. The molecular weight excluding hydrogens is 188 g/mol. The van der Waals surface area contributed by atoms with Gasteiger partial charge in [0.1, 0.15) is 0 Å². The predicted molar refractivity (Wildman–Crippen MR) is 54.9 cm³/mol. The first-order valence-corrected chi connectivity index (χ1v) is 4.22. The highest BCUT2D eigenvalue weighted by Crippen LogP contribution is 2.28. The minimum Gasteiger partial charge on any atom is -0.397 e. The Morgan fingerprint density at radius 1 is 1.54 bits per heavy atom. The van der Waals surface area contributed by atoms with E-state index in [0.29, 0.717) is 16.4 Å². The normalized spacial score (nSPS) is 9.77. The Kier molecular flexibility index (Phi) is 2.78. The number of carbonyl (C=O) groups is 1. The lowest BCUT2D eigenvalue weighted by atomic mass is 10.1. The third-order valence-electron chi connectivity index (χ3n) is 1.76. The fraction of sp³-hybridized carbons (Fsp3) is 0.222. The van der Waals surface area contributed by atoms with Crippen LogP contribution in [0, 0.1) is 6.92 Å². The minimum atomic E-state index is -0.145. The van der Waals surface area contributed by atoms with Crippen LogP contribution in [0.2, 0.25) is 5.02 Å². The fourth-order valence-corrected chi connectivity index (χ4v) is 1.17. The number of rotatable bonds is 1. The molecule has 0 radical (unpaired) electrons. The van der Waals surface area contributed by atoms with Crippen molar-refractivity contribution in [3.05, 3.63) is 22.7 Å². The van der Waals surface area contributed by atoms with Gasteiger partial charge in [-0.1, -0.05) is 11.6 Å². The molecule has 3 N–H and O–H groups in total. The number of halogens is 1. The number of carbonyl (C=O) groups excluding carboxylic acids is 1. The summed E-state index contributed by atoms with van der Waals surface area (Å²) < 4.78 is 0. The second-order valence-electron chi connectivity index (χ2n) is 2.81. The molecule has 0 aliphatic rings. The molecule has 13 heavy (non-hydrogen) atoms. The number of nitrogen functional groups attached to an aromatic ring is 1. The van der Waals surface area contributed by atoms with E-state index >= 15 is 0 Å². The van der Waals surface area contributed by atoms with E-state index in [1.54, 1.807) is 12.1 Å². The van der Waals surface area contributed by atoms with Gasteiger partial charge in [-0.05, 0) is 24.6 Å². The zero-order chi connectivity index (χ0) is 10.0. The monoisotopic (exact) mass is 198 g/mol. The Morgan fingerprint density at radius 3 is 2.69 bits per heavy atom. The molecule has 1 rings (SSSR count). The molecule has 0 atom stereocenters. The Bertz CT molecular complexity index is 350. The van der Waals surface area contributed by atoms with Gasteiger partial charge < -0.3 is 11.1 Å². The van der Waals surface area contributed by atoms with Crippen LogP contribution in [-0.2, 0) is 4.79 Å². The molecular formula is C9H11ClN2O. The summed E-state index contributed by atoms with van der Waals surface area (Å²) in [5, 5.41) is 3.22.